The summed E-state index contributed by atoms with van der Waals surface area (Å²) in [6, 6.07) is 19.1. The van der Waals surface area contributed by atoms with Gasteiger partial charge in [-0.05, 0) is 11.1 Å². The zero-order chi connectivity index (χ0) is 17.6. The maximum Gasteiger partial charge on any atom is 0.349 e. The van der Waals surface area contributed by atoms with E-state index < -0.39 is 11.9 Å². The lowest BCUT2D eigenvalue weighted by molar-refractivity contribution is -0.116. The van der Waals surface area contributed by atoms with E-state index in [1.165, 1.54) is 13.3 Å². The van der Waals surface area contributed by atoms with Crippen molar-refractivity contribution in [3.8, 4) is 0 Å². The van der Waals surface area contributed by atoms with Crippen LogP contribution in [0.15, 0.2) is 66.9 Å². The molecule has 0 aliphatic carbocycles. The highest BCUT2D eigenvalue weighted by atomic mass is 32.1. The van der Waals surface area contributed by atoms with Crippen molar-refractivity contribution in [2.24, 2.45) is 0 Å². The number of benzene rings is 2. The second kappa shape index (κ2) is 7.72. The molecule has 3 aromatic rings. The standard InChI is InChI=1S/C19H16N2O3S/c1-24-18(23)15-12-20-19(25-15)21-17(22)16(13-8-4-2-5-9-13)14-10-6-3-7-11-14/h2-12,16H,1H3,(H,20,21,22). The number of hydrogen-bond donors (Lipinski definition) is 1. The number of nitrogens with zero attached hydrogens (tertiary/aromatic N) is 1. The number of hydrogen-bond acceptors (Lipinski definition) is 5. The maximum atomic E-state index is 12.9. The smallest absolute Gasteiger partial charge is 0.349 e. The SMILES string of the molecule is COC(=O)c1cnc(NC(=O)C(c2ccccc2)c2ccccc2)s1. The highest BCUT2D eigenvalue weighted by Gasteiger charge is 2.23. The van der Waals surface area contributed by atoms with E-state index in [2.05, 4.69) is 15.0 Å². The monoisotopic (exact) mass is 352 g/mol. The number of amides is 1. The van der Waals surface area contributed by atoms with Crippen LogP contribution in [0.4, 0.5) is 5.13 Å². The molecule has 0 radical (unpaired) electrons. The fourth-order valence-electron chi connectivity index (χ4n) is 2.49. The molecule has 1 N–H and O–H groups in total. The molecule has 6 heteroatoms. The van der Waals surface area contributed by atoms with Crippen LogP contribution >= 0.6 is 11.3 Å². The summed E-state index contributed by atoms with van der Waals surface area (Å²) < 4.78 is 4.66. The number of thiazole rings is 1. The lowest BCUT2D eigenvalue weighted by atomic mass is 9.90. The van der Waals surface area contributed by atoms with E-state index in [-0.39, 0.29) is 5.91 Å². The summed E-state index contributed by atoms with van der Waals surface area (Å²) in [5.74, 6) is -1.14. The fourth-order valence-corrected chi connectivity index (χ4v) is 3.23. The number of carbonyl (C=O) groups excluding carboxylic acids is 2. The lowest BCUT2D eigenvalue weighted by Gasteiger charge is -2.16. The predicted octanol–water partition coefficient (Wildman–Crippen LogP) is 3.70. The highest BCUT2D eigenvalue weighted by molar-refractivity contribution is 7.17. The number of aromatic nitrogens is 1. The summed E-state index contributed by atoms with van der Waals surface area (Å²) in [7, 11) is 1.31. The van der Waals surface area contributed by atoms with Gasteiger partial charge in [-0.1, -0.05) is 72.0 Å². The number of carbonyl (C=O) groups is 2. The zero-order valence-electron chi connectivity index (χ0n) is 13.5. The third kappa shape index (κ3) is 3.92. The molecule has 0 saturated heterocycles. The summed E-state index contributed by atoms with van der Waals surface area (Å²) in [4.78, 5) is 28.8. The molecule has 2 aromatic carbocycles. The van der Waals surface area contributed by atoms with Crippen LogP contribution in [0.1, 0.15) is 26.7 Å². The van der Waals surface area contributed by atoms with Gasteiger partial charge in [0.15, 0.2) is 5.13 Å². The average molecular weight is 352 g/mol. The molecule has 0 fully saturated rings. The highest BCUT2D eigenvalue weighted by Crippen LogP contribution is 2.27. The molecule has 3 rings (SSSR count). The molecule has 0 aliphatic rings. The largest absolute Gasteiger partial charge is 0.465 e. The molecule has 0 aliphatic heterocycles. The quantitative estimate of drug-likeness (QED) is 0.711. The molecule has 25 heavy (non-hydrogen) atoms. The first-order valence-corrected chi connectivity index (χ1v) is 8.45. The third-order valence-corrected chi connectivity index (χ3v) is 4.54. The van der Waals surface area contributed by atoms with Gasteiger partial charge in [0.1, 0.15) is 4.88 Å². The van der Waals surface area contributed by atoms with Crippen molar-refractivity contribution in [1.29, 1.82) is 0 Å². The number of ether oxygens (including phenoxy) is 1. The van der Waals surface area contributed by atoms with E-state index in [0.29, 0.717) is 10.0 Å². The molecule has 0 spiro atoms. The van der Waals surface area contributed by atoms with E-state index in [1.807, 2.05) is 60.7 Å². The molecule has 5 nitrogen and oxygen atoms in total. The van der Waals surface area contributed by atoms with Gasteiger partial charge in [-0.2, -0.15) is 0 Å². The van der Waals surface area contributed by atoms with Gasteiger partial charge >= 0.3 is 5.97 Å². The van der Waals surface area contributed by atoms with Gasteiger partial charge in [0, 0.05) is 0 Å². The Bertz CT molecular complexity index is 823. The number of anilines is 1. The van der Waals surface area contributed by atoms with E-state index in [4.69, 9.17) is 0 Å². The number of methoxy groups -OCH3 is 1. The van der Waals surface area contributed by atoms with Crippen molar-refractivity contribution >= 4 is 28.3 Å². The van der Waals surface area contributed by atoms with Gasteiger partial charge in [-0.25, -0.2) is 9.78 Å². The Kier molecular flexibility index (Phi) is 5.20. The van der Waals surface area contributed by atoms with Crippen molar-refractivity contribution in [3.05, 3.63) is 82.9 Å². The van der Waals surface area contributed by atoms with Crippen LogP contribution in [0.3, 0.4) is 0 Å². The molecule has 1 aromatic heterocycles. The lowest BCUT2D eigenvalue weighted by Crippen LogP contribution is -2.22. The molecule has 0 unspecified atom stereocenters. The molecule has 0 atom stereocenters. The van der Waals surface area contributed by atoms with Crippen molar-refractivity contribution in [3.63, 3.8) is 0 Å². The molecule has 1 heterocycles. The van der Waals surface area contributed by atoms with Gasteiger partial charge < -0.3 is 10.1 Å². The van der Waals surface area contributed by atoms with Crippen LogP contribution in [0, 0.1) is 0 Å². The Morgan fingerprint density at radius 2 is 1.56 bits per heavy atom. The summed E-state index contributed by atoms with van der Waals surface area (Å²) in [5.41, 5.74) is 1.77. The van der Waals surface area contributed by atoms with Crippen LogP contribution in [0.25, 0.3) is 0 Å². The van der Waals surface area contributed by atoms with E-state index >= 15 is 0 Å². The minimum absolute atomic E-state index is 0.205. The van der Waals surface area contributed by atoms with Gasteiger partial charge in [-0.15, -0.1) is 0 Å². The normalized spacial score (nSPS) is 10.5. The first-order valence-electron chi connectivity index (χ1n) is 7.64. The Labute approximate surface area is 149 Å². The fraction of sp³-hybridized carbons (Fsp3) is 0.105. The molecule has 0 saturated carbocycles. The molecule has 126 valence electrons. The minimum atomic E-state index is -0.472. The van der Waals surface area contributed by atoms with Crippen LogP contribution in [0.5, 0.6) is 0 Å². The molecule has 1 amide bonds. The zero-order valence-corrected chi connectivity index (χ0v) is 14.3. The predicted molar refractivity (Wildman–Crippen MR) is 96.8 cm³/mol. The number of rotatable bonds is 5. The average Bonchev–Trinajstić information content (AvgIpc) is 3.11. The van der Waals surface area contributed by atoms with Gasteiger partial charge in [0.2, 0.25) is 5.91 Å². The van der Waals surface area contributed by atoms with Crippen molar-refractivity contribution < 1.29 is 14.3 Å². The van der Waals surface area contributed by atoms with E-state index in [9.17, 15) is 9.59 Å². The number of esters is 1. The summed E-state index contributed by atoms with van der Waals surface area (Å²) in [6.07, 6.45) is 1.39. The second-order valence-electron chi connectivity index (χ2n) is 5.26. The summed E-state index contributed by atoms with van der Waals surface area (Å²) in [6.45, 7) is 0. The van der Waals surface area contributed by atoms with Crippen molar-refractivity contribution in [2.45, 2.75) is 5.92 Å². The van der Waals surface area contributed by atoms with Crippen LogP contribution < -0.4 is 5.32 Å². The van der Waals surface area contributed by atoms with Crippen molar-refractivity contribution in [2.75, 3.05) is 12.4 Å². The molecular formula is C19H16N2O3S. The van der Waals surface area contributed by atoms with Crippen LogP contribution in [-0.4, -0.2) is 24.0 Å². The minimum Gasteiger partial charge on any atom is -0.465 e. The second-order valence-corrected chi connectivity index (χ2v) is 6.30. The Morgan fingerprint density at radius 3 is 2.08 bits per heavy atom. The van der Waals surface area contributed by atoms with Gasteiger partial charge in [-0.3, -0.25) is 4.79 Å². The topological polar surface area (TPSA) is 68.3 Å². The molecule has 0 bridgehead atoms. The van der Waals surface area contributed by atoms with Crippen molar-refractivity contribution in [1.82, 2.24) is 4.98 Å². The van der Waals surface area contributed by atoms with Gasteiger partial charge in [0.25, 0.3) is 0 Å². The van der Waals surface area contributed by atoms with E-state index in [0.717, 1.165) is 22.5 Å². The summed E-state index contributed by atoms with van der Waals surface area (Å²) in [5, 5.41) is 3.16. The Morgan fingerprint density at radius 1 is 1.00 bits per heavy atom. The molecular weight excluding hydrogens is 336 g/mol. The first kappa shape index (κ1) is 16.9. The third-order valence-electron chi connectivity index (χ3n) is 3.65. The van der Waals surface area contributed by atoms with Crippen LogP contribution in [0.2, 0.25) is 0 Å². The first-order chi connectivity index (χ1) is 12.2. The summed E-state index contributed by atoms with van der Waals surface area (Å²) >= 11 is 1.08. The number of nitrogens with one attached hydrogen (secondary N) is 1. The maximum absolute atomic E-state index is 12.9. The van der Waals surface area contributed by atoms with Gasteiger partial charge in [0.05, 0.1) is 19.2 Å². The Hall–Kier alpha value is -2.99. The van der Waals surface area contributed by atoms with Crippen LogP contribution in [-0.2, 0) is 9.53 Å². The van der Waals surface area contributed by atoms with E-state index in [1.54, 1.807) is 0 Å². The Balaban J connectivity index is 1.87.